The lowest BCUT2D eigenvalue weighted by Gasteiger charge is -2.14. The molecule has 0 radical (unpaired) electrons. The monoisotopic (exact) mass is 297 g/mol. The number of benzene rings is 1. The van der Waals surface area contributed by atoms with Gasteiger partial charge in [-0.05, 0) is 25.0 Å². The van der Waals surface area contributed by atoms with Crippen LogP contribution in [0, 0.1) is 0 Å². The Morgan fingerprint density at radius 2 is 1.76 bits per heavy atom. The number of nitrogens with one attached hydrogen (secondary N) is 1. The van der Waals surface area contributed by atoms with Crippen molar-refractivity contribution in [3.8, 4) is 17.2 Å². The number of rotatable bonds is 8. The van der Waals surface area contributed by atoms with Gasteiger partial charge < -0.3 is 24.6 Å². The molecule has 0 bridgehead atoms. The predicted molar refractivity (Wildman–Crippen MR) is 79.3 cm³/mol. The Hall–Kier alpha value is -1.95. The van der Waals surface area contributed by atoms with E-state index < -0.39 is 6.10 Å². The van der Waals surface area contributed by atoms with Gasteiger partial charge in [0, 0.05) is 12.1 Å². The lowest BCUT2D eigenvalue weighted by atomic mass is 10.1. The summed E-state index contributed by atoms with van der Waals surface area (Å²) < 4.78 is 15.6. The third kappa shape index (κ3) is 4.53. The van der Waals surface area contributed by atoms with Gasteiger partial charge in [-0.2, -0.15) is 0 Å². The molecule has 0 heterocycles. The van der Waals surface area contributed by atoms with E-state index >= 15 is 0 Å². The van der Waals surface area contributed by atoms with E-state index in [0.717, 1.165) is 0 Å². The highest BCUT2D eigenvalue weighted by molar-refractivity contribution is 5.95. The second-order valence-corrected chi connectivity index (χ2v) is 4.52. The molecular weight excluding hydrogens is 274 g/mol. The number of aliphatic hydroxyl groups excluding tert-OH is 1. The largest absolute Gasteiger partial charge is 0.493 e. The van der Waals surface area contributed by atoms with E-state index in [1.54, 1.807) is 12.1 Å². The van der Waals surface area contributed by atoms with Crippen LogP contribution in [-0.4, -0.2) is 45.0 Å². The first-order chi connectivity index (χ1) is 10.1. The lowest BCUT2D eigenvalue weighted by molar-refractivity contribution is 0.0941. The molecule has 118 valence electrons. The summed E-state index contributed by atoms with van der Waals surface area (Å²) in [4.78, 5) is 12.1. The zero-order valence-electron chi connectivity index (χ0n) is 12.9. The Morgan fingerprint density at radius 3 is 2.19 bits per heavy atom. The summed E-state index contributed by atoms with van der Waals surface area (Å²) in [7, 11) is 4.50. The first-order valence-electron chi connectivity index (χ1n) is 6.83. The molecule has 0 fully saturated rings. The second kappa shape index (κ2) is 8.36. The van der Waals surface area contributed by atoms with Gasteiger partial charge >= 0.3 is 0 Å². The number of ether oxygens (including phenoxy) is 3. The minimum absolute atomic E-state index is 0.252. The van der Waals surface area contributed by atoms with Crippen molar-refractivity contribution in [3.05, 3.63) is 17.7 Å². The van der Waals surface area contributed by atoms with E-state index in [9.17, 15) is 9.90 Å². The normalized spacial score (nSPS) is 11.7. The number of aliphatic hydroxyl groups is 1. The van der Waals surface area contributed by atoms with Gasteiger partial charge in [-0.1, -0.05) is 6.92 Å². The van der Waals surface area contributed by atoms with Crippen LogP contribution in [0.1, 0.15) is 30.1 Å². The van der Waals surface area contributed by atoms with E-state index in [1.165, 1.54) is 21.3 Å². The average molecular weight is 297 g/mol. The summed E-state index contributed by atoms with van der Waals surface area (Å²) in [5, 5.41) is 12.2. The average Bonchev–Trinajstić information content (AvgIpc) is 2.52. The molecule has 0 aliphatic carbocycles. The van der Waals surface area contributed by atoms with Crippen molar-refractivity contribution in [2.75, 3.05) is 27.9 Å². The van der Waals surface area contributed by atoms with Crippen LogP contribution in [0.25, 0.3) is 0 Å². The zero-order chi connectivity index (χ0) is 15.8. The highest BCUT2D eigenvalue weighted by Gasteiger charge is 2.16. The Morgan fingerprint density at radius 1 is 1.19 bits per heavy atom. The Bertz CT molecular complexity index is 450. The van der Waals surface area contributed by atoms with E-state index in [2.05, 4.69) is 5.32 Å². The highest BCUT2D eigenvalue weighted by Crippen LogP contribution is 2.38. The maximum atomic E-state index is 12.1. The van der Waals surface area contributed by atoms with Gasteiger partial charge in [0.05, 0.1) is 27.4 Å². The summed E-state index contributed by atoms with van der Waals surface area (Å²) in [6, 6.07) is 3.18. The van der Waals surface area contributed by atoms with E-state index in [1.807, 2.05) is 6.92 Å². The van der Waals surface area contributed by atoms with Gasteiger partial charge in [-0.15, -0.1) is 0 Å². The fraction of sp³-hybridized carbons (Fsp3) is 0.533. The minimum Gasteiger partial charge on any atom is -0.493 e. The first-order valence-corrected chi connectivity index (χ1v) is 6.83. The predicted octanol–water partition coefficient (Wildman–Crippen LogP) is 1.60. The molecule has 0 aliphatic rings. The maximum Gasteiger partial charge on any atom is 0.251 e. The summed E-state index contributed by atoms with van der Waals surface area (Å²) in [5.74, 6) is 1.04. The molecule has 6 heteroatoms. The molecule has 1 unspecified atom stereocenters. The van der Waals surface area contributed by atoms with Crippen LogP contribution < -0.4 is 19.5 Å². The van der Waals surface area contributed by atoms with Crippen molar-refractivity contribution in [1.82, 2.24) is 5.32 Å². The molecule has 0 saturated carbocycles. The third-order valence-corrected chi connectivity index (χ3v) is 3.16. The van der Waals surface area contributed by atoms with Gasteiger partial charge in [-0.25, -0.2) is 0 Å². The van der Waals surface area contributed by atoms with Crippen molar-refractivity contribution in [3.63, 3.8) is 0 Å². The van der Waals surface area contributed by atoms with Crippen molar-refractivity contribution < 1.29 is 24.1 Å². The van der Waals surface area contributed by atoms with E-state index in [-0.39, 0.29) is 5.91 Å². The number of hydrogen-bond donors (Lipinski definition) is 2. The fourth-order valence-corrected chi connectivity index (χ4v) is 1.87. The number of carbonyl (C=O) groups is 1. The first kappa shape index (κ1) is 17.1. The molecular formula is C15H23NO5. The van der Waals surface area contributed by atoms with E-state index in [4.69, 9.17) is 14.2 Å². The number of carbonyl (C=O) groups excluding carboxylic acids is 1. The molecule has 1 atom stereocenters. The van der Waals surface area contributed by atoms with Gasteiger partial charge in [0.1, 0.15) is 0 Å². The van der Waals surface area contributed by atoms with Crippen LogP contribution in [0.2, 0.25) is 0 Å². The Balaban J connectivity index is 2.84. The SMILES string of the molecule is CCC(O)CCNC(=O)c1cc(OC)c(OC)c(OC)c1. The van der Waals surface area contributed by atoms with Crippen molar-refractivity contribution in [2.24, 2.45) is 0 Å². The van der Waals surface area contributed by atoms with Crippen molar-refractivity contribution in [2.45, 2.75) is 25.9 Å². The van der Waals surface area contributed by atoms with Crippen LogP contribution in [0.15, 0.2) is 12.1 Å². The highest BCUT2D eigenvalue weighted by atomic mass is 16.5. The number of amides is 1. The van der Waals surface area contributed by atoms with Crippen LogP contribution in [0.4, 0.5) is 0 Å². The maximum absolute atomic E-state index is 12.1. The third-order valence-electron chi connectivity index (χ3n) is 3.16. The molecule has 6 nitrogen and oxygen atoms in total. The summed E-state index contributed by atoms with van der Waals surface area (Å²) in [6.07, 6.45) is 0.789. The Kier molecular flexibility index (Phi) is 6.81. The molecule has 1 rings (SSSR count). The number of hydrogen-bond acceptors (Lipinski definition) is 5. The Labute approximate surface area is 125 Å². The molecule has 0 spiro atoms. The summed E-state index contributed by atoms with van der Waals surface area (Å²) in [6.45, 7) is 2.30. The van der Waals surface area contributed by atoms with Gasteiger partial charge in [0.15, 0.2) is 11.5 Å². The summed E-state index contributed by atoms with van der Waals surface area (Å²) >= 11 is 0. The molecule has 0 aromatic heterocycles. The molecule has 0 saturated heterocycles. The van der Waals surface area contributed by atoms with Gasteiger partial charge in [0.2, 0.25) is 5.75 Å². The molecule has 1 aromatic carbocycles. The molecule has 0 aliphatic heterocycles. The standard InChI is InChI=1S/C15H23NO5/c1-5-11(17)6-7-16-15(18)10-8-12(19-2)14(21-4)13(9-10)20-3/h8-9,11,17H,5-7H2,1-4H3,(H,16,18). The van der Waals surface area contributed by atoms with Crippen molar-refractivity contribution >= 4 is 5.91 Å². The van der Waals surface area contributed by atoms with Crippen LogP contribution >= 0.6 is 0 Å². The molecule has 1 aromatic rings. The van der Waals surface area contributed by atoms with Gasteiger partial charge in [0.25, 0.3) is 5.91 Å². The van der Waals surface area contributed by atoms with Gasteiger partial charge in [-0.3, -0.25) is 4.79 Å². The smallest absolute Gasteiger partial charge is 0.251 e. The van der Waals surface area contributed by atoms with Crippen molar-refractivity contribution in [1.29, 1.82) is 0 Å². The molecule has 21 heavy (non-hydrogen) atoms. The number of methoxy groups -OCH3 is 3. The van der Waals surface area contributed by atoms with E-state index in [0.29, 0.717) is 42.2 Å². The molecule has 1 amide bonds. The lowest BCUT2D eigenvalue weighted by Crippen LogP contribution is -2.27. The van der Waals surface area contributed by atoms with Crippen LogP contribution in [0.3, 0.4) is 0 Å². The second-order valence-electron chi connectivity index (χ2n) is 4.52. The topological polar surface area (TPSA) is 77.0 Å². The minimum atomic E-state index is -0.398. The molecule has 2 N–H and O–H groups in total. The van der Waals surface area contributed by atoms with Crippen LogP contribution in [0.5, 0.6) is 17.2 Å². The van der Waals surface area contributed by atoms with Crippen LogP contribution in [-0.2, 0) is 0 Å². The zero-order valence-corrected chi connectivity index (χ0v) is 12.9. The summed E-state index contributed by atoms with van der Waals surface area (Å²) in [5.41, 5.74) is 0.412. The quantitative estimate of drug-likeness (QED) is 0.762. The fourth-order valence-electron chi connectivity index (χ4n) is 1.87.